The van der Waals surface area contributed by atoms with Crippen molar-refractivity contribution in [3.8, 4) is 0 Å². The van der Waals surface area contributed by atoms with Gasteiger partial charge in [0.25, 0.3) is 0 Å². The molecule has 112 valence electrons. The first-order valence-corrected chi connectivity index (χ1v) is 7.31. The summed E-state index contributed by atoms with van der Waals surface area (Å²) in [7, 11) is 1.52. The van der Waals surface area contributed by atoms with Crippen molar-refractivity contribution in [1.29, 1.82) is 0 Å². The highest BCUT2D eigenvalue weighted by molar-refractivity contribution is 5.98. The lowest BCUT2D eigenvalue weighted by atomic mass is 9.71. The maximum absolute atomic E-state index is 12.5. The van der Waals surface area contributed by atoms with Crippen LogP contribution >= 0.6 is 0 Å². The molecular weight excluding hydrogens is 268 g/mol. The highest BCUT2D eigenvalue weighted by Crippen LogP contribution is 2.41. The van der Waals surface area contributed by atoms with E-state index < -0.39 is 0 Å². The van der Waals surface area contributed by atoms with E-state index >= 15 is 0 Å². The smallest absolute Gasteiger partial charge is 0.248 e. The Morgan fingerprint density at radius 2 is 2.05 bits per heavy atom. The summed E-state index contributed by atoms with van der Waals surface area (Å²) in [6.45, 7) is 1.36. The molecule has 1 N–H and O–H groups in total. The molecule has 3 rings (SSSR count). The van der Waals surface area contributed by atoms with Crippen LogP contribution in [0.4, 0.5) is 5.69 Å². The SMILES string of the molecule is COCC(=O)N1CCC2(CC1)Cc1ccccc1NC2=O. The number of benzene rings is 1. The molecule has 2 aliphatic heterocycles. The summed E-state index contributed by atoms with van der Waals surface area (Å²) in [4.78, 5) is 26.1. The first-order valence-electron chi connectivity index (χ1n) is 7.31. The molecule has 2 aliphatic rings. The number of carbonyl (C=O) groups excluding carboxylic acids is 2. The molecule has 1 aromatic rings. The Morgan fingerprint density at radius 1 is 1.33 bits per heavy atom. The fraction of sp³-hybridized carbons (Fsp3) is 0.500. The Kier molecular flexibility index (Phi) is 3.68. The molecule has 0 radical (unpaired) electrons. The molecule has 0 aromatic heterocycles. The minimum absolute atomic E-state index is 0.00367. The van der Waals surface area contributed by atoms with E-state index in [0.29, 0.717) is 25.9 Å². The van der Waals surface area contributed by atoms with Gasteiger partial charge >= 0.3 is 0 Å². The number of likely N-dealkylation sites (tertiary alicyclic amines) is 1. The van der Waals surface area contributed by atoms with Gasteiger partial charge in [0.2, 0.25) is 11.8 Å². The van der Waals surface area contributed by atoms with Crippen LogP contribution in [0.3, 0.4) is 0 Å². The van der Waals surface area contributed by atoms with Crippen LogP contribution in [0.25, 0.3) is 0 Å². The van der Waals surface area contributed by atoms with Gasteiger partial charge in [0.15, 0.2) is 0 Å². The molecule has 0 unspecified atom stereocenters. The molecule has 0 atom stereocenters. The fourth-order valence-electron chi connectivity index (χ4n) is 3.30. The van der Waals surface area contributed by atoms with E-state index in [1.54, 1.807) is 4.90 Å². The second-order valence-electron chi connectivity index (χ2n) is 5.88. The normalized spacial score (nSPS) is 20.0. The van der Waals surface area contributed by atoms with Crippen LogP contribution in [0.2, 0.25) is 0 Å². The molecule has 1 spiro atoms. The highest BCUT2D eigenvalue weighted by atomic mass is 16.5. The van der Waals surface area contributed by atoms with E-state index in [9.17, 15) is 9.59 Å². The number of para-hydroxylation sites is 1. The molecule has 21 heavy (non-hydrogen) atoms. The van der Waals surface area contributed by atoms with Gasteiger partial charge in [0.05, 0.1) is 5.41 Å². The van der Waals surface area contributed by atoms with Crippen molar-refractivity contribution >= 4 is 17.5 Å². The molecular formula is C16H20N2O3. The predicted molar refractivity (Wildman–Crippen MR) is 78.9 cm³/mol. The Bertz CT molecular complexity index is 562. The molecule has 2 amide bonds. The Balaban J connectivity index is 1.73. The summed E-state index contributed by atoms with van der Waals surface area (Å²) in [5.41, 5.74) is 1.75. The van der Waals surface area contributed by atoms with Gasteiger partial charge in [0.1, 0.15) is 6.61 Å². The van der Waals surface area contributed by atoms with Crippen LogP contribution in [-0.2, 0) is 20.7 Å². The number of carbonyl (C=O) groups is 2. The van der Waals surface area contributed by atoms with Crippen LogP contribution in [-0.4, -0.2) is 43.5 Å². The minimum atomic E-state index is -0.363. The number of amides is 2. The molecule has 0 saturated carbocycles. The largest absolute Gasteiger partial charge is 0.375 e. The fourth-order valence-corrected chi connectivity index (χ4v) is 3.30. The van der Waals surface area contributed by atoms with Crippen molar-refractivity contribution in [2.24, 2.45) is 5.41 Å². The Hall–Kier alpha value is -1.88. The highest BCUT2D eigenvalue weighted by Gasteiger charge is 2.44. The lowest BCUT2D eigenvalue weighted by Crippen LogP contribution is -2.51. The van der Waals surface area contributed by atoms with Gasteiger partial charge in [-0.25, -0.2) is 0 Å². The van der Waals surface area contributed by atoms with E-state index in [2.05, 4.69) is 11.4 Å². The number of rotatable bonds is 2. The molecule has 1 fully saturated rings. The quantitative estimate of drug-likeness (QED) is 0.896. The van der Waals surface area contributed by atoms with Gasteiger partial charge in [-0.3, -0.25) is 9.59 Å². The number of fused-ring (bicyclic) bond motifs is 1. The third-order valence-corrected chi connectivity index (χ3v) is 4.62. The topological polar surface area (TPSA) is 58.6 Å². The number of ether oxygens (including phenoxy) is 1. The van der Waals surface area contributed by atoms with Gasteiger partial charge in [-0.15, -0.1) is 0 Å². The number of anilines is 1. The lowest BCUT2D eigenvalue weighted by Gasteiger charge is -2.43. The second kappa shape index (κ2) is 5.48. The third kappa shape index (κ3) is 2.53. The number of methoxy groups -OCH3 is 1. The molecule has 1 saturated heterocycles. The molecule has 5 nitrogen and oxygen atoms in total. The maximum atomic E-state index is 12.5. The summed E-state index contributed by atoms with van der Waals surface area (Å²) >= 11 is 0. The number of nitrogens with one attached hydrogen (secondary N) is 1. The maximum Gasteiger partial charge on any atom is 0.248 e. The van der Waals surface area contributed by atoms with Crippen molar-refractivity contribution in [3.63, 3.8) is 0 Å². The molecule has 0 aliphatic carbocycles. The monoisotopic (exact) mass is 288 g/mol. The average Bonchev–Trinajstić information content (AvgIpc) is 2.49. The van der Waals surface area contributed by atoms with Crippen molar-refractivity contribution in [1.82, 2.24) is 4.90 Å². The van der Waals surface area contributed by atoms with Gasteiger partial charge in [-0.2, -0.15) is 0 Å². The number of nitrogens with zero attached hydrogens (tertiary/aromatic N) is 1. The second-order valence-corrected chi connectivity index (χ2v) is 5.88. The molecule has 1 aromatic carbocycles. The van der Waals surface area contributed by atoms with Gasteiger partial charge in [0, 0.05) is 25.9 Å². The number of hydrogen-bond donors (Lipinski definition) is 1. The summed E-state index contributed by atoms with van der Waals surface area (Å²) in [6, 6.07) is 7.95. The van der Waals surface area contributed by atoms with Crippen molar-refractivity contribution in [2.75, 3.05) is 32.1 Å². The number of hydrogen-bond acceptors (Lipinski definition) is 3. The van der Waals surface area contributed by atoms with Crippen LogP contribution in [0.5, 0.6) is 0 Å². The van der Waals surface area contributed by atoms with E-state index in [1.807, 2.05) is 18.2 Å². The van der Waals surface area contributed by atoms with E-state index in [1.165, 1.54) is 12.7 Å². The van der Waals surface area contributed by atoms with E-state index in [0.717, 1.165) is 12.1 Å². The standard InChI is InChI=1S/C16H20N2O3/c1-21-11-14(19)18-8-6-16(7-9-18)10-12-4-2-3-5-13(12)17-15(16)20/h2-5H,6-11H2,1H3,(H,17,20). The Morgan fingerprint density at radius 3 is 2.76 bits per heavy atom. The summed E-state index contributed by atoms with van der Waals surface area (Å²) in [5, 5.41) is 3.02. The van der Waals surface area contributed by atoms with Crippen LogP contribution in [0.1, 0.15) is 18.4 Å². The van der Waals surface area contributed by atoms with Crippen LogP contribution in [0.15, 0.2) is 24.3 Å². The summed E-state index contributed by atoms with van der Waals surface area (Å²) in [5.74, 6) is 0.101. The summed E-state index contributed by atoms with van der Waals surface area (Å²) in [6.07, 6.45) is 2.19. The first-order chi connectivity index (χ1) is 10.1. The zero-order chi connectivity index (χ0) is 14.9. The van der Waals surface area contributed by atoms with Crippen molar-refractivity contribution in [3.05, 3.63) is 29.8 Å². The minimum Gasteiger partial charge on any atom is -0.375 e. The lowest BCUT2D eigenvalue weighted by molar-refractivity contribution is -0.141. The van der Waals surface area contributed by atoms with Crippen molar-refractivity contribution < 1.29 is 14.3 Å². The molecule has 2 heterocycles. The summed E-state index contributed by atoms with van der Waals surface area (Å²) < 4.78 is 4.89. The third-order valence-electron chi connectivity index (χ3n) is 4.62. The number of piperidine rings is 1. The van der Waals surface area contributed by atoms with E-state index in [-0.39, 0.29) is 23.8 Å². The van der Waals surface area contributed by atoms with E-state index in [4.69, 9.17) is 4.74 Å². The van der Waals surface area contributed by atoms with Crippen molar-refractivity contribution in [2.45, 2.75) is 19.3 Å². The average molecular weight is 288 g/mol. The van der Waals surface area contributed by atoms with Crippen LogP contribution in [0, 0.1) is 5.41 Å². The van der Waals surface area contributed by atoms with Gasteiger partial charge in [-0.1, -0.05) is 18.2 Å². The molecule has 0 bridgehead atoms. The Labute approximate surface area is 124 Å². The zero-order valence-corrected chi connectivity index (χ0v) is 12.2. The molecule has 5 heteroatoms. The predicted octanol–water partition coefficient (Wildman–Crippen LogP) is 1.44. The van der Waals surface area contributed by atoms with Gasteiger partial charge < -0.3 is 15.0 Å². The van der Waals surface area contributed by atoms with Crippen LogP contribution < -0.4 is 5.32 Å². The zero-order valence-electron chi connectivity index (χ0n) is 12.2. The first kappa shape index (κ1) is 14.1. The van der Waals surface area contributed by atoms with Gasteiger partial charge in [-0.05, 0) is 30.9 Å².